The highest BCUT2D eigenvalue weighted by Crippen LogP contribution is 2.61. The van der Waals surface area contributed by atoms with Gasteiger partial charge in [0.25, 0.3) is 0 Å². The summed E-state index contributed by atoms with van der Waals surface area (Å²) in [5, 5.41) is 5.68. The topological polar surface area (TPSA) is 13.0 Å². The van der Waals surface area contributed by atoms with Gasteiger partial charge >= 0.3 is 0 Å². The van der Waals surface area contributed by atoms with E-state index in [4.69, 9.17) is 0 Å². The van der Waals surface area contributed by atoms with E-state index in [0.717, 1.165) is 26.2 Å². The molecule has 0 spiro atoms. The quantitative estimate of drug-likeness (QED) is 0.0627. The second kappa shape index (κ2) is 26.3. The van der Waals surface area contributed by atoms with Crippen LogP contribution >= 0.6 is 31.9 Å². The number of rotatable bonds is 22. The molecule has 0 N–H and O–H groups in total. The average Bonchev–Trinajstić information content (AvgIpc) is 0.750. The molecule has 4 aliphatic heterocycles. The van der Waals surface area contributed by atoms with Crippen molar-refractivity contribution < 1.29 is 0 Å². The third-order valence-corrected chi connectivity index (χ3v) is 20.7. The highest BCUT2D eigenvalue weighted by molar-refractivity contribution is 9.11. The normalized spacial score (nSPS) is 17.5. The maximum Gasteiger partial charge on any atom is 0.0587 e. The minimum absolute atomic E-state index is 0. The van der Waals surface area contributed by atoms with E-state index >= 15 is 0 Å². The van der Waals surface area contributed by atoms with Gasteiger partial charge in [-0.15, -0.1) is 0 Å². The molecule has 4 nitrogen and oxygen atoms in total. The number of nitrogens with zero attached hydrogens (tertiary/aromatic N) is 4. The molecule has 6 aliphatic rings. The summed E-state index contributed by atoms with van der Waals surface area (Å²) in [6, 6.07) is 51.4. The summed E-state index contributed by atoms with van der Waals surface area (Å²) in [5.41, 5.74) is 22.8. The highest BCUT2D eigenvalue weighted by Gasteiger charge is 2.47. The van der Waals surface area contributed by atoms with Gasteiger partial charge in [-0.05, 0) is 141 Å². The average molecular weight is 1240 g/mol. The summed E-state index contributed by atoms with van der Waals surface area (Å²) in [6.45, 7) is 13.6. The Balaban J connectivity index is 0.000000176. The number of hydrogen-bond acceptors (Lipinski definition) is 4. The van der Waals surface area contributed by atoms with Crippen molar-refractivity contribution in [2.75, 3.05) is 45.8 Å². The van der Waals surface area contributed by atoms with Crippen molar-refractivity contribution in [3.8, 4) is 22.3 Å². The van der Waals surface area contributed by atoms with Crippen molar-refractivity contribution in [1.29, 1.82) is 0 Å². The first-order valence-electron chi connectivity index (χ1n) is 31.8. The van der Waals surface area contributed by atoms with Crippen LogP contribution in [0.4, 0.5) is 34.1 Å². The van der Waals surface area contributed by atoms with Crippen LogP contribution in [0.25, 0.3) is 56.0 Å². The molecular weight excluding hydrogens is 1150 g/mol. The lowest BCUT2D eigenvalue weighted by Crippen LogP contribution is -2.46. The Hall–Kier alpha value is -6.08. The van der Waals surface area contributed by atoms with Crippen molar-refractivity contribution in [2.24, 2.45) is 0 Å². The van der Waals surface area contributed by atoms with E-state index in [9.17, 15) is 0 Å². The summed E-state index contributed by atoms with van der Waals surface area (Å²) in [5.74, 6) is 0.685. The Morgan fingerprint density at radius 3 is 1.27 bits per heavy atom. The van der Waals surface area contributed by atoms with Gasteiger partial charge in [0.15, 0.2) is 0 Å². The van der Waals surface area contributed by atoms with Gasteiger partial charge in [0.1, 0.15) is 0 Å². The van der Waals surface area contributed by atoms with Crippen molar-refractivity contribution in [3.63, 3.8) is 0 Å². The Labute approximate surface area is 521 Å². The molecule has 4 atom stereocenters. The van der Waals surface area contributed by atoms with E-state index < -0.39 is 0 Å². The van der Waals surface area contributed by atoms with Crippen molar-refractivity contribution >= 4 is 99.7 Å². The number of hydrogen-bond donors (Lipinski definition) is 0. The first kappa shape index (κ1) is 59.6. The molecule has 4 unspecified atom stereocenters. The zero-order valence-electron chi connectivity index (χ0n) is 49.0. The Morgan fingerprint density at radius 2 is 0.738 bits per heavy atom. The molecule has 14 rings (SSSR count). The fraction of sp³-hybridized carbons (Fsp3) is 0.385. The van der Waals surface area contributed by atoms with Gasteiger partial charge in [-0.3, -0.25) is 0 Å². The van der Waals surface area contributed by atoms with Gasteiger partial charge in [-0.25, -0.2) is 0 Å². The zero-order valence-corrected chi connectivity index (χ0v) is 52.2. The minimum Gasteiger partial charge on any atom is -0.364 e. The van der Waals surface area contributed by atoms with Gasteiger partial charge in [0.05, 0.1) is 12.1 Å². The second-order valence-electron chi connectivity index (χ2n) is 24.2. The molecule has 84 heavy (non-hydrogen) atoms. The fourth-order valence-electron chi connectivity index (χ4n) is 15.4. The Bertz CT molecular complexity index is 3690. The van der Waals surface area contributed by atoms with Crippen LogP contribution in [0.1, 0.15) is 190 Å². The third kappa shape index (κ3) is 10.5. The summed E-state index contributed by atoms with van der Waals surface area (Å²) in [6.07, 6.45) is 30.3. The van der Waals surface area contributed by atoms with Crippen LogP contribution in [-0.4, -0.2) is 38.3 Å². The van der Waals surface area contributed by atoms with Gasteiger partial charge in [0.2, 0.25) is 0 Å². The number of benzene rings is 8. The summed E-state index contributed by atoms with van der Waals surface area (Å²) < 4.78 is 2.42. The summed E-state index contributed by atoms with van der Waals surface area (Å²) >= 11 is 7.81. The Kier molecular flexibility index (Phi) is 18.6. The van der Waals surface area contributed by atoms with Crippen molar-refractivity contribution in [1.82, 2.24) is 0 Å². The van der Waals surface area contributed by atoms with E-state index in [-0.39, 0.29) is 14.9 Å². The van der Waals surface area contributed by atoms with E-state index in [1.54, 1.807) is 16.7 Å². The van der Waals surface area contributed by atoms with Crippen LogP contribution in [0.3, 0.4) is 0 Å². The first-order chi connectivity index (χ1) is 40.4. The number of unbranched alkanes of at least 4 members (excludes halogenated alkanes) is 12. The van der Waals surface area contributed by atoms with Gasteiger partial charge in [-0.1, -0.05) is 261 Å². The molecule has 0 saturated carbocycles. The van der Waals surface area contributed by atoms with Crippen molar-refractivity contribution in [2.45, 2.75) is 169 Å². The lowest BCUT2D eigenvalue weighted by Gasteiger charge is -2.50. The third-order valence-electron chi connectivity index (χ3n) is 19.3. The fourth-order valence-corrected chi connectivity index (χ4v) is 16.4. The smallest absolute Gasteiger partial charge is 0.0587 e. The van der Waals surface area contributed by atoms with Gasteiger partial charge in [-0.2, -0.15) is 0 Å². The van der Waals surface area contributed by atoms with Crippen LogP contribution < -0.4 is 19.6 Å². The zero-order chi connectivity index (χ0) is 55.8. The number of anilines is 6. The van der Waals surface area contributed by atoms with Crippen LogP contribution in [-0.2, 0) is 0 Å². The van der Waals surface area contributed by atoms with Crippen molar-refractivity contribution in [3.05, 3.63) is 188 Å². The standard InChI is InChI=1S/C44H46N2.C32H36Br2N2.2CH4/c1-3-5-7-15-29-45-37-25-21-33(31-17-11-9-12-18-31)35-24-28-40-44(41(35)37)43-39(45)27-23-36-34(32-19-13-10-14-20-32)22-26-38(42(36)43)46(40)30-16-8-6-4-2;1-3-5-7-9-19-35-25-17-13-23(33)21-12-16-28-32(29(21)25)31-27(35)15-11-22-24(34)14-18-26(30(22)31)36(28)20-10-8-6-4-2;;/h9-14,17-28,39,43H,3-8,15-16,29-30H2,1-2H3;11-18,27,31H,3-10,19-20H2,1-2H3;2*1H4. The summed E-state index contributed by atoms with van der Waals surface area (Å²) in [7, 11) is 0. The molecule has 6 heteroatoms. The van der Waals surface area contributed by atoms with E-state index in [2.05, 4.69) is 237 Å². The van der Waals surface area contributed by atoms with E-state index in [0.29, 0.717) is 23.9 Å². The molecule has 8 aromatic carbocycles. The lowest BCUT2D eigenvalue weighted by molar-refractivity contribution is 0.565. The first-order valence-corrected chi connectivity index (χ1v) is 33.4. The van der Waals surface area contributed by atoms with Gasteiger partial charge < -0.3 is 19.6 Å². The molecule has 0 amide bonds. The van der Waals surface area contributed by atoms with E-state index in [1.807, 2.05) is 0 Å². The molecule has 2 aliphatic carbocycles. The van der Waals surface area contributed by atoms with Gasteiger partial charge in [0, 0.05) is 91.9 Å². The molecule has 0 fully saturated rings. The maximum absolute atomic E-state index is 3.91. The van der Waals surface area contributed by atoms with Crippen LogP contribution in [0.15, 0.2) is 155 Å². The molecule has 0 bridgehead atoms. The highest BCUT2D eigenvalue weighted by atomic mass is 79.9. The molecule has 0 saturated heterocycles. The second-order valence-corrected chi connectivity index (χ2v) is 25.9. The lowest BCUT2D eigenvalue weighted by atomic mass is 9.69. The van der Waals surface area contributed by atoms with Crippen LogP contribution in [0, 0.1) is 0 Å². The molecule has 4 heterocycles. The van der Waals surface area contributed by atoms with E-state index in [1.165, 1.54) is 206 Å². The molecule has 436 valence electrons. The predicted molar refractivity (Wildman–Crippen MR) is 375 cm³/mol. The van der Waals surface area contributed by atoms with Crippen LogP contribution in [0.2, 0.25) is 0 Å². The SMILES string of the molecule is C.C.CCCCCCN1c2ccc(-c3ccccc3)c3c2C2c4c1ccc1c(-c5ccccc5)ccc(c41)N(CCCCCC)C2C=C3.CCCCCCN1c2ccc(Br)c3c2C2c4c1ccc1c(Br)ccc(c41)N(CCCCCC)C2C=C3. The molecule has 0 radical (unpaired) electrons. The maximum atomic E-state index is 3.91. The minimum atomic E-state index is 0. The largest absolute Gasteiger partial charge is 0.364 e. The Morgan fingerprint density at radius 1 is 0.345 bits per heavy atom. The monoisotopic (exact) mass is 1240 g/mol. The molecular formula is C78H90Br2N4. The number of halogens is 2. The predicted octanol–water partition coefficient (Wildman–Crippen LogP) is 23.7. The molecule has 0 aromatic heterocycles. The van der Waals surface area contributed by atoms with Crippen LogP contribution in [0.5, 0.6) is 0 Å². The molecule has 8 aromatic rings. The summed E-state index contributed by atoms with van der Waals surface area (Å²) in [4.78, 5) is 10.8.